The standard InChI is InChI=1S/C24H24N10O4/c25-19(21(35)36)9-17-11-27-23(29-17)33-31-15-5-1-13(2-6-15)14-3-7-16(8-4-14)32-34-24-28-12-18(30-24)10-20(26)22(37)38/h1-8,11-12,19-20H,9-10,25-26H2,(H,27,29)(H,28,30)(H,35,36)(H,37,38). The van der Waals surface area contributed by atoms with E-state index >= 15 is 0 Å². The molecule has 2 aromatic carbocycles. The topological polar surface area (TPSA) is 233 Å². The highest BCUT2D eigenvalue weighted by Crippen LogP contribution is 2.26. The van der Waals surface area contributed by atoms with Crippen molar-refractivity contribution in [2.24, 2.45) is 31.9 Å². The van der Waals surface area contributed by atoms with Crippen molar-refractivity contribution < 1.29 is 19.8 Å². The van der Waals surface area contributed by atoms with Gasteiger partial charge >= 0.3 is 11.9 Å². The molecule has 0 bridgehead atoms. The lowest BCUT2D eigenvalue weighted by Gasteiger charge is -2.03. The molecule has 2 unspecified atom stereocenters. The Labute approximate surface area is 215 Å². The van der Waals surface area contributed by atoms with Gasteiger partial charge in [0.2, 0.25) is 11.9 Å². The number of nitrogens with zero attached hydrogens (tertiary/aromatic N) is 6. The Morgan fingerprint density at radius 3 is 1.39 bits per heavy atom. The number of imidazole rings is 2. The van der Waals surface area contributed by atoms with Gasteiger partial charge in [-0.05, 0) is 35.4 Å². The number of hydrogen-bond donors (Lipinski definition) is 6. The summed E-state index contributed by atoms with van der Waals surface area (Å²) in [6.45, 7) is 0. The number of aromatic nitrogens is 4. The first-order valence-corrected chi connectivity index (χ1v) is 11.4. The third-order valence-electron chi connectivity index (χ3n) is 5.33. The van der Waals surface area contributed by atoms with Crippen LogP contribution in [0.1, 0.15) is 11.4 Å². The molecule has 0 radical (unpaired) electrons. The number of hydrogen-bond acceptors (Lipinski definition) is 10. The molecule has 38 heavy (non-hydrogen) atoms. The van der Waals surface area contributed by atoms with Crippen LogP contribution in [0.4, 0.5) is 23.3 Å². The highest BCUT2D eigenvalue weighted by atomic mass is 16.4. The molecule has 14 nitrogen and oxygen atoms in total. The number of benzene rings is 2. The van der Waals surface area contributed by atoms with Crippen LogP contribution in [0.5, 0.6) is 0 Å². The number of nitrogens with two attached hydrogens (primary N) is 2. The third kappa shape index (κ3) is 6.99. The second-order valence-corrected chi connectivity index (χ2v) is 8.26. The number of nitrogens with one attached hydrogen (secondary N) is 2. The van der Waals surface area contributed by atoms with Crippen molar-refractivity contribution in [2.75, 3.05) is 0 Å². The Bertz CT molecular complexity index is 1350. The Balaban J connectivity index is 1.34. The first-order valence-electron chi connectivity index (χ1n) is 11.4. The van der Waals surface area contributed by atoms with E-state index in [0.717, 1.165) is 11.1 Å². The molecule has 0 saturated carbocycles. The predicted molar refractivity (Wildman–Crippen MR) is 136 cm³/mol. The summed E-state index contributed by atoms with van der Waals surface area (Å²) in [5, 5.41) is 34.2. The van der Waals surface area contributed by atoms with E-state index in [1.165, 1.54) is 12.4 Å². The Kier molecular flexibility index (Phi) is 8.05. The minimum Gasteiger partial charge on any atom is -0.480 e. The van der Waals surface area contributed by atoms with Gasteiger partial charge in [0.05, 0.1) is 23.8 Å². The fourth-order valence-corrected chi connectivity index (χ4v) is 3.30. The first-order chi connectivity index (χ1) is 18.3. The summed E-state index contributed by atoms with van der Waals surface area (Å²) < 4.78 is 0. The quantitative estimate of drug-likeness (QED) is 0.161. The summed E-state index contributed by atoms with van der Waals surface area (Å²) in [5.41, 5.74) is 15.3. The van der Waals surface area contributed by atoms with Gasteiger partial charge in [0, 0.05) is 24.2 Å². The molecule has 0 aliphatic rings. The van der Waals surface area contributed by atoms with E-state index in [1.807, 2.05) is 24.3 Å². The highest BCUT2D eigenvalue weighted by Gasteiger charge is 2.14. The van der Waals surface area contributed by atoms with Crippen molar-refractivity contribution in [3.05, 3.63) is 72.3 Å². The summed E-state index contributed by atoms with van der Waals surface area (Å²) >= 11 is 0. The van der Waals surface area contributed by atoms with E-state index < -0.39 is 24.0 Å². The van der Waals surface area contributed by atoms with E-state index in [2.05, 4.69) is 40.4 Å². The molecule has 2 atom stereocenters. The lowest BCUT2D eigenvalue weighted by Crippen LogP contribution is -2.32. The molecule has 0 fully saturated rings. The van der Waals surface area contributed by atoms with Crippen molar-refractivity contribution in [2.45, 2.75) is 24.9 Å². The zero-order valence-electron chi connectivity index (χ0n) is 19.9. The fraction of sp³-hybridized carbons (Fsp3) is 0.167. The van der Waals surface area contributed by atoms with Crippen molar-refractivity contribution in [3.63, 3.8) is 0 Å². The first kappa shape index (κ1) is 26.0. The molecule has 0 aliphatic heterocycles. The van der Waals surface area contributed by atoms with E-state index in [1.54, 1.807) is 24.3 Å². The number of rotatable bonds is 11. The van der Waals surface area contributed by atoms with Crippen molar-refractivity contribution >= 4 is 35.2 Å². The zero-order valence-corrected chi connectivity index (χ0v) is 19.9. The summed E-state index contributed by atoms with van der Waals surface area (Å²) in [6.07, 6.45) is 3.18. The molecule has 4 rings (SSSR count). The van der Waals surface area contributed by atoms with Crippen LogP contribution in [0.25, 0.3) is 11.1 Å². The molecule has 2 aromatic heterocycles. The number of carboxylic acids is 2. The predicted octanol–water partition coefficient (Wildman–Crippen LogP) is 3.54. The van der Waals surface area contributed by atoms with Gasteiger partial charge in [-0.1, -0.05) is 24.3 Å². The second kappa shape index (κ2) is 11.8. The van der Waals surface area contributed by atoms with Crippen LogP contribution in [0.2, 0.25) is 0 Å². The number of carboxylic acid groups (broad SMARTS) is 2. The van der Waals surface area contributed by atoms with E-state index in [9.17, 15) is 9.59 Å². The molecular formula is C24H24N10O4. The number of aliphatic carboxylic acids is 2. The Hall–Kier alpha value is -5.08. The van der Waals surface area contributed by atoms with Crippen LogP contribution >= 0.6 is 0 Å². The molecule has 8 N–H and O–H groups in total. The van der Waals surface area contributed by atoms with E-state index in [0.29, 0.717) is 22.8 Å². The maximum Gasteiger partial charge on any atom is 0.320 e. The van der Waals surface area contributed by atoms with Crippen LogP contribution in [0, 0.1) is 0 Å². The average molecular weight is 517 g/mol. The Morgan fingerprint density at radius 2 is 1.05 bits per heavy atom. The minimum absolute atomic E-state index is 0.111. The summed E-state index contributed by atoms with van der Waals surface area (Å²) in [7, 11) is 0. The molecule has 4 aromatic rings. The van der Waals surface area contributed by atoms with Gasteiger partial charge in [-0.3, -0.25) is 9.59 Å². The van der Waals surface area contributed by atoms with Crippen molar-refractivity contribution in [1.82, 2.24) is 19.9 Å². The minimum atomic E-state index is -1.09. The highest BCUT2D eigenvalue weighted by molar-refractivity contribution is 5.73. The van der Waals surface area contributed by atoms with E-state index in [-0.39, 0.29) is 24.7 Å². The zero-order chi connectivity index (χ0) is 27.1. The SMILES string of the molecule is NC(Cc1cnc(N=Nc2ccc(-c3ccc(N=Nc4ncc(CC(N)C(=O)O)[nH]4)cc3)cc2)[nH]1)C(=O)O. The molecule has 0 amide bonds. The largest absolute Gasteiger partial charge is 0.480 e. The van der Waals surface area contributed by atoms with Gasteiger partial charge in [0.25, 0.3) is 0 Å². The summed E-state index contributed by atoms with van der Waals surface area (Å²) in [6, 6.07) is 12.8. The molecule has 0 saturated heterocycles. The lowest BCUT2D eigenvalue weighted by atomic mass is 10.1. The van der Waals surface area contributed by atoms with Crippen molar-refractivity contribution in [1.29, 1.82) is 0 Å². The third-order valence-corrected chi connectivity index (χ3v) is 5.33. The molecular weight excluding hydrogens is 492 g/mol. The van der Waals surface area contributed by atoms with Gasteiger partial charge in [-0.15, -0.1) is 20.5 Å². The maximum absolute atomic E-state index is 10.9. The molecule has 194 valence electrons. The maximum atomic E-state index is 10.9. The van der Waals surface area contributed by atoms with Crippen molar-refractivity contribution in [3.8, 4) is 11.1 Å². The fourth-order valence-electron chi connectivity index (χ4n) is 3.30. The van der Waals surface area contributed by atoms with Crippen LogP contribution in [-0.2, 0) is 22.4 Å². The van der Waals surface area contributed by atoms with Gasteiger partial charge in [-0.2, -0.15) is 0 Å². The van der Waals surface area contributed by atoms with Crippen LogP contribution < -0.4 is 11.5 Å². The molecule has 0 spiro atoms. The molecule has 0 aliphatic carbocycles. The van der Waals surface area contributed by atoms with Gasteiger partial charge < -0.3 is 31.6 Å². The number of H-pyrrole nitrogens is 2. The van der Waals surface area contributed by atoms with E-state index in [4.69, 9.17) is 21.7 Å². The second-order valence-electron chi connectivity index (χ2n) is 8.26. The lowest BCUT2D eigenvalue weighted by molar-refractivity contribution is -0.139. The van der Waals surface area contributed by atoms with Gasteiger partial charge in [0.15, 0.2) is 0 Å². The summed E-state index contributed by atoms with van der Waals surface area (Å²) in [4.78, 5) is 35.6. The number of aromatic amines is 2. The normalized spacial score (nSPS) is 13.2. The van der Waals surface area contributed by atoms with Crippen LogP contribution in [-0.4, -0.2) is 54.2 Å². The van der Waals surface area contributed by atoms with Gasteiger partial charge in [-0.25, -0.2) is 9.97 Å². The monoisotopic (exact) mass is 516 g/mol. The van der Waals surface area contributed by atoms with Crippen LogP contribution in [0.15, 0.2) is 81.4 Å². The molecule has 2 heterocycles. The summed E-state index contributed by atoms with van der Waals surface area (Å²) in [5.74, 6) is -1.68. The number of azo groups is 2. The smallest absolute Gasteiger partial charge is 0.320 e. The van der Waals surface area contributed by atoms with Crippen LogP contribution in [0.3, 0.4) is 0 Å². The van der Waals surface area contributed by atoms with Gasteiger partial charge in [0.1, 0.15) is 12.1 Å². The Morgan fingerprint density at radius 1 is 0.684 bits per heavy atom. The molecule has 14 heteroatoms. The number of carbonyl (C=O) groups is 2. The average Bonchev–Trinajstić information content (AvgIpc) is 3.56.